The zero-order chi connectivity index (χ0) is 26.6. The van der Waals surface area contributed by atoms with Crippen molar-refractivity contribution in [1.29, 1.82) is 0 Å². The monoisotopic (exact) mass is 514 g/mol. The molecule has 0 bridgehead atoms. The summed E-state index contributed by atoms with van der Waals surface area (Å²) in [6, 6.07) is 22.2. The second-order valence-electron chi connectivity index (χ2n) is 9.98. The summed E-state index contributed by atoms with van der Waals surface area (Å²) in [7, 11) is 0. The van der Waals surface area contributed by atoms with Gasteiger partial charge in [0, 0.05) is 16.9 Å². The van der Waals surface area contributed by atoms with Crippen molar-refractivity contribution in [3.8, 4) is 22.8 Å². The van der Waals surface area contributed by atoms with Gasteiger partial charge < -0.3 is 10.1 Å². The molecular formula is C30H34N4O2S. The van der Waals surface area contributed by atoms with E-state index in [4.69, 9.17) is 4.74 Å². The van der Waals surface area contributed by atoms with Crippen LogP contribution in [0.25, 0.3) is 17.1 Å². The molecule has 0 spiro atoms. The molecule has 7 heteroatoms. The van der Waals surface area contributed by atoms with Gasteiger partial charge in [0.15, 0.2) is 11.0 Å². The van der Waals surface area contributed by atoms with Crippen molar-refractivity contribution in [2.24, 2.45) is 0 Å². The zero-order valence-electron chi connectivity index (χ0n) is 22.3. The normalized spacial score (nSPS) is 11.4. The summed E-state index contributed by atoms with van der Waals surface area (Å²) in [6.07, 6.45) is 0. The number of hydrogen-bond donors (Lipinski definition) is 1. The Kier molecular flexibility index (Phi) is 8.03. The van der Waals surface area contributed by atoms with Crippen LogP contribution in [0, 0.1) is 13.8 Å². The van der Waals surface area contributed by atoms with Crippen LogP contribution < -0.4 is 10.1 Å². The van der Waals surface area contributed by atoms with Crippen molar-refractivity contribution >= 4 is 23.4 Å². The van der Waals surface area contributed by atoms with Crippen molar-refractivity contribution < 1.29 is 9.53 Å². The lowest BCUT2D eigenvalue weighted by Gasteiger charge is -2.19. The lowest BCUT2D eigenvalue weighted by Crippen LogP contribution is -2.15. The molecule has 0 unspecified atom stereocenters. The molecule has 3 aromatic carbocycles. The van der Waals surface area contributed by atoms with Gasteiger partial charge in [0.1, 0.15) is 5.75 Å². The average molecular weight is 515 g/mol. The van der Waals surface area contributed by atoms with Gasteiger partial charge in [-0.1, -0.05) is 68.9 Å². The van der Waals surface area contributed by atoms with Crippen molar-refractivity contribution in [2.45, 2.75) is 52.1 Å². The molecule has 0 aliphatic heterocycles. The number of rotatable bonds is 8. The fourth-order valence-electron chi connectivity index (χ4n) is 3.96. The summed E-state index contributed by atoms with van der Waals surface area (Å²) in [4.78, 5) is 12.8. The maximum Gasteiger partial charge on any atom is 0.234 e. The summed E-state index contributed by atoms with van der Waals surface area (Å²) in [5.74, 6) is 1.65. The van der Waals surface area contributed by atoms with Gasteiger partial charge in [-0.05, 0) is 73.2 Å². The highest BCUT2D eigenvalue weighted by Gasteiger charge is 2.19. The Bertz CT molecular complexity index is 1370. The molecule has 0 fully saturated rings. The lowest BCUT2D eigenvalue weighted by molar-refractivity contribution is -0.113. The highest BCUT2D eigenvalue weighted by Crippen LogP contribution is 2.31. The van der Waals surface area contributed by atoms with Crippen molar-refractivity contribution in [1.82, 2.24) is 14.8 Å². The van der Waals surface area contributed by atoms with Gasteiger partial charge in [0.25, 0.3) is 0 Å². The fourth-order valence-corrected chi connectivity index (χ4v) is 4.72. The molecule has 0 radical (unpaired) electrons. The largest absolute Gasteiger partial charge is 0.494 e. The van der Waals surface area contributed by atoms with Crippen LogP contribution in [0.3, 0.4) is 0 Å². The molecule has 1 amide bonds. The zero-order valence-corrected chi connectivity index (χ0v) is 23.1. The van der Waals surface area contributed by atoms with E-state index < -0.39 is 0 Å². The Balaban J connectivity index is 1.63. The van der Waals surface area contributed by atoms with E-state index in [0.717, 1.165) is 39.6 Å². The van der Waals surface area contributed by atoms with Gasteiger partial charge in [-0.3, -0.25) is 9.36 Å². The van der Waals surface area contributed by atoms with Gasteiger partial charge in [-0.15, -0.1) is 10.2 Å². The smallest absolute Gasteiger partial charge is 0.234 e. The Morgan fingerprint density at radius 3 is 2.32 bits per heavy atom. The van der Waals surface area contributed by atoms with Gasteiger partial charge >= 0.3 is 0 Å². The van der Waals surface area contributed by atoms with E-state index in [0.29, 0.717) is 11.8 Å². The van der Waals surface area contributed by atoms with Crippen LogP contribution in [0.1, 0.15) is 44.4 Å². The van der Waals surface area contributed by atoms with Gasteiger partial charge in [0.05, 0.1) is 12.4 Å². The molecule has 6 nitrogen and oxygen atoms in total. The van der Waals surface area contributed by atoms with Crippen molar-refractivity contribution in [3.63, 3.8) is 0 Å². The highest BCUT2D eigenvalue weighted by molar-refractivity contribution is 7.99. The van der Waals surface area contributed by atoms with Crippen molar-refractivity contribution in [2.75, 3.05) is 17.7 Å². The molecule has 1 heterocycles. The minimum atomic E-state index is -0.0870. The van der Waals surface area contributed by atoms with Crippen LogP contribution in [0.2, 0.25) is 0 Å². The lowest BCUT2D eigenvalue weighted by atomic mass is 9.87. The molecule has 0 atom stereocenters. The first kappa shape index (κ1) is 26.5. The van der Waals surface area contributed by atoms with Crippen LogP contribution in [-0.4, -0.2) is 33.0 Å². The number of nitrogens with one attached hydrogen (secondary N) is 1. The van der Waals surface area contributed by atoms with Gasteiger partial charge in [-0.2, -0.15) is 0 Å². The number of benzene rings is 3. The second-order valence-corrected chi connectivity index (χ2v) is 10.9. The molecular weight excluding hydrogens is 480 g/mol. The Morgan fingerprint density at radius 2 is 1.68 bits per heavy atom. The van der Waals surface area contributed by atoms with E-state index >= 15 is 0 Å². The summed E-state index contributed by atoms with van der Waals surface area (Å²) in [5, 5.41) is 12.7. The average Bonchev–Trinajstić information content (AvgIpc) is 3.30. The molecule has 0 aliphatic carbocycles. The SMILES string of the molecule is CCOc1ccc(-n2c(SCC(=O)Nc3cccc(C)c3C)nnc2-c2ccc(C(C)(C)C)cc2)cc1. The summed E-state index contributed by atoms with van der Waals surface area (Å²) in [6.45, 7) is 13.2. The molecule has 4 aromatic rings. The molecule has 0 aliphatic rings. The van der Waals surface area contributed by atoms with E-state index in [1.54, 1.807) is 0 Å². The standard InChI is InChI=1S/C30H34N4O2S/c1-7-36-25-17-15-24(16-18-25)34-28(22-11-13-23(14-12-22)30(4,5)6)32-33-29(34)37-19-27(35)31-26-10-8-9-20(2)21(26)3/h8-18H,7,19H2,1-6H3,(H,31,35). The van der Waals surface area contributed by atoms with Crippen LogP contribution in [0.15, 0.2) is 71.9 Å². The number of carbonyl (C=O) groups excluding carboxylic acids is 1. The molecule has 192 valence electrons. The first-order chi connectivity index (χ1) is 17.7. The third-order valence-electron chi connectivity index (χ3n) is 6.26. The minimum Gasteiger partial charge on any atom is -0.494 e. The van der Waals surface area contributed by atoms with Crippen LogP contribution in [0.5, 0.6) is 5.75 Å². The van der Waals surface area contributed by atoms with Crippen molar-refractivity contribution in [3.05, 3.63) is 83.4 Å². The number of carbonyl (C=O) groups is 1. The second kappa shape index (κ2) is 11.2. The maximum absolute atomic E-state index is 12.8. The number of thioether (sulfide) groups is 1. The van der Waals surface area contributed by atoms with E-state index in [2.05, 4.69) is 60.6 Å². The molecule has 4 rings (SSSR count). The Morgan fingerprint density at radius 1 is 0.973 bits per heavy atom. The molecule has 1 aromatic heterocycles. The number of aryl methyl sites for hydroxylation is 1. The first-order valence-electron chi connectivity index (χ1n) is 12.5. The number of hydrogen-bond acceptors (Lipinski definition) is 5. The Hall–Kier alpha value is -3.58. The summed E-state index contributed by atoms with van der Waals surface area (Å²) < 4.78 is 7.62. The molecule has 0 saturated carbocycles. The first-order valence-corrected chi connectivity index (χ1v) is 13.4. The topological polar surface area (TPSA) is 69.0 Å². The number of amides is 1. The minimum absolute atomic E-state index is 0.0608. The quantitative estimate of drug-likeness (QED) is 0.257. The summed E-state index contributed by atoms with van der Waals surface area (Å²) in [5.41, 5.74) is 6.22. The predicted molar refractivity (Wildman–Crippen MR) is 152 cm³/mol. The van der Waals surface area contributed by atoms with Crippen LogP contribution in [-0.2, 0) is 10.2 Å². The summed E-state index contributed by atoms with van der Waals surface area (Å²) >= 11 is 1.36. The predicted octanol–water partition coefficient (Wildman–Crippen LogP) is 6.98. The Labute approximate surface area is 223 Å². The maximum atomic E-state index is 12.8. The molecule has 1 N–H and O–H groups in total. The van der Waals surface area contributed by atoms with E-state index in [9.17, 15) is 4.79 Å². The molecule has 37 heavy (non-hydrogen) atoms. The number of anilines is 1. The van der Waals surface area contributed by atoms with Gasteiger partial charge in [-0.25, -0.2) is 0 Å². The fraction of sp³-hybridized carbons (Fsp3) is 0.300. The van der Waals surface area contributed by atoms with E-state index in [1.165, 1.54) is 17.3 Å². The number of nitrogens with zero attached hydrogens (tertiary/aromatic N) is 3. The molecule has 0 saturated heterocycles. The number of ether oxygens (including phenoxy) is 1. The van der Waals surface area contributed by atoms with E-state index in [-0.39, 0.29) is 17.1 Å². The highest BCUT2D eigenvalue weighted by atomic mass is 32.2. The van der Waals surface area contributed by atoms with Gasteiger partial charge in [0.2, 0.25) is 5.91 Å². The third-order valence-corrected chi connectivity index (χ3v) is 7.19. The van der Waals surface area contributed by atoms with Crippen LogP contribution >= 0.6 is 11.8 Å². The number of aromatic nitrogens is 3. The van der Waals surface area contributed by atoms with Crippen LogP contribution in [0.4, 0.5) is 5.69 Å². The third kappa shape index (κ3) is 6.23. The van der Waals surface area contributed by atoms with E-state index in [1.807, 2.05) is 67.8 Å².